The molecule has 0 N–H and O–H groups in total. The molecule has 1 heterocycles. The van der Waals surface area contributed by atoms with Crippen molar-refractivity contribution in [2.75, 3.05) is 0 Å². The van der Waals surface area contributed by atoms with Crippen LogP contribution in [-0.4, -0.2) is 0 Å². The Balaban J connectivity index is 2.21. The fourth-order valence-corrected chi connectivity index (χ4v) is 3.36. The zero-order chi connectivity index (χ0) is 15.4. The van der Waals surface area contributed by atoms with E-state index < -0.39 is 0 Å². The molecule has 0 saturated carbocycles. The van der Waals surface area contributed by atoms with Crippen molar-refractivity contribution in [2.45, 2.75) is 0 Å². The number of rotatable bonds is 0. The molecule has 0 aromatic heterocycles. The van der Waals surface area contributed by atoms with E-state index in [9.17, 15) is 4.79 Å². The molecule has 0 atom stereocenters. The van der Waals surface area contributed by atoms with Gasteiger partial charge in [-0.25, -0.2) is 0 Å². The molecule has 0 saturated heterocycles. The van der Waals surface area contributed by atoms with Crippen molar-refractivity contribution in [2.24, 2.45) is 0 Å². The van der Waals surface area contributed by atoms with Crippen LogP contribution in [0.15, 0.2) is 82.0 Å². The second-order valence-corrected chi connectivity index (χ2v) is 5.76. The molecule has 2 aromatic carbocycles. The topological polar surface area (TPSA) is 30.2 Å². The minimum absolute atomic E-state index is 0.0648. The van der Waals surface area contributed by atoms with Crippen LogP contribution in [0, 0.1) is 10.6 Å². The van der Waals surface area contributed by atoms with Gasteiger partial charge in [-0.15, -0.1) is 0 Å². The Kier molecular flexibility index (Phi) is 2.39. The van der Waals surface area contributed by atoms with Crippen LogP contribution >= 0.6 is 0 Å². The first-order valence-corrected chi connectivity index (χ1v) is 7.59. The molecular formula is C21H12O2. The summed E-state index contributed by atoms with van der Waals surface area (Å²) in [6.45, 7) is 0. The van der Waals surface area contributed by atoms with E-state index in [0.29, 0.717) is 10.8 Å². The number of fused-ring (bicyclic) bond motifs is 2. The van der Waals surface area contributed by atoms with E-state index in [4.69, 9.17) is 4.42 Å². The Hall–Kier alpha value is -3.13. The summed E-state index contributed by atoms with van der Waals surface area (Å²) in [4.78, 5) is 12.8. The van der Waals surface area contributed by atoms with Crippen molar-refractivity contribution in [1.29, 1.82) is 0 Å². The van der Waals surface area contributed by atoms with Crippen LogP contribution < -0.4 is 10.8 Å². The minimum Gasteiger partial charge on any atom is -0.455 e. The van der Waals surface area contributed by atoms with Gasteiger partial charge in [0.15, 0.2) is 5.43 Å². The molecule has 23 heavy (non-hydrogen) atoms. The standard InChI is InChI=1S/C21H12O2/c22-20-15-9-3-4-10-16(15)21-19-14(8-5-11-17(19)20)12-18(23-21)13-6-1-2-7-13/h1-12H. The van der Waals surface area contributed by atoms with Crippen LogP contribution in [0.4, 0.5) is 0 Å². The largest absolute Gasteiger partial charge is 0.455 e. The van der Waals surface area contributed by atoms with E-state index in [2.05, 4.69) is 0 Å². The van der Waals surface area contributed by atoms with Gasteiger partial charge in [0, 0.05) is 27.0 Å². The first-order valence-electron chi connectivity index (χ1n) is 7.59. The van der Waals surface area contributed by atoms with Gasteiger partial charge in [0.1, 0.15) is 10.8 Å². The molecule has 0 unspecified atom stereocenters. The molecule has 2 heteroatoms. The number of benzene rings is 2. The van der Waals surface area contributed by atoms with Crippen LogP contribution in [0.1, 0.15) is 0 Å². The molecular weight excluding hydrogens is 284 g/mol. The Bertz CT molecular complexity index is 1310. The second kappa shape index (κ2) is 4.43. The van der Waals surface area contributed by atoms with Gasteiger partial charge in [-0.2, -0.15) is 0 Å². The number of allylic oxidation sites excluding steroid dienone is 4. The smallest absolute Gasteiger partial charge is 0.194 e. The van der Waals surface area contributed by atoms with E-state index >= 15 is 0 Å². The van der Waals surface area contributed by atoms with E-state index in [1.807, 2.05) is 72.8 Å². The quantitative estimate of drug-likeness (QED) is 0.495. The summed E-state index contributed by atoms with van der Waals surface area (Å²) >= 11 is 0. The van der Waals surface area contributed by atoms with Gasteiger partial charge in [0.2, 0.25) is 0 Å². The van der Waals surface area contributed by atoms with Crippen molar-refractivity contribution in [3.05, 3.63) is 99.1 Å². The van der Waals surface area contributed by atoms with Crippen LogP contribution in [0.25, 0.3) is 27.1 Å². The third kappa shape index (κ3) is 1.66. The highest BCUT2D eigenvalue weighted by molar-refractivity contribution is 5.89. The van der Waals surface area contributed by atoms with Crippen molar-refractivity contribution in [3.8, 4) is 0 Å². The molecule has 0 radical (unpaired) electrons. The molecule has 0 spiro atoms. The van der Waals surface area contributed by atoms with Crippen molar-refractivity contribution in [1.82, 2.24) is 0 Å². The summed E-state index contributed by atoms with van der Waals surface area (Å²) in [5.74, 6) is 0. The van der Waals surface area contributed by atoms with E-state index in [1.165, 1.54) is 0 Å². The number of hydrogen-bond donors (Lipinski definition) is 0. The lowest BCUT2D eigenvalue weighted by Crippen LogP contribution is -2.09. The van der Waals surface area contributed by atoms with Gasteiger partial charge >= 0.3 is 0 Å². The van der Waals surface area contributed by atoms with Gasteiger partial charge in [-0.1, -0.05) is 66.8 Å². The molecule has 108 valence electrons. The summed E-state index contributed by atoms with van der Waals surface area (Å²) in [5, 5.41) is 4.23. The van der Waals surface area contributed by atoms with Crippen LogP contribution in [0.5, 0.6) is 0 Å². The summed E-state index contributed by atoms with van der Waals surface area (Å²) in [6.07, 6.45) is 8.05. The lowest BCUT2D eigenvalue weighted by Gasteiger charge is -2.06. The SMILES string of the molecule is O=c1c2cccc3cc(=C4C=CC=C4)oc(c4ccccc14)=c32. The van der Waals surface area contributed by atoms with Crippen molar-refractivity contribution in [3.63, 3.8) is 0 Å². The first-order chi connectivity index (χ1) is 11.3. The highest BCUT2D eigenvalue weighted by Gasteiger charge is 2.11. The maximum atomic E-state index is 12.8. The lowest BCUT2D eigenvalue weighted by molar-refractivity contribution is 0.492. The highest BCUT2D eigenvalue weighted by Crippen LogP contribution is 2.20. The molecule has 0 amide bonds. The Morgan fingerprint density at radius 3 is 2.35 bits per heavy atom. The zero-order valence-corrected chi connectivity index (χ0v) is 12.2. The third-order valence-electron chi connectivity index (χ3n) is 4.43. The predicted molar refractivity (Wildman–Crippen MR) is 92.2 cm³/mol. The summed E-state index contributed by atoms with van der Waals surface area (Å²) < 4.78 is 6.24. The molecule has 2 nitrogen and oxygen atoms in total. The molecule has 0 bridgehead atoms. The lowest BCUT2D eigenvalue weighted by atomic mass is 10.0. The van der Waals surface area contributed by atoms with Crippen LogP contribution in [0.3, 0.4) is 0 Å². The average molecular weight is 296 g/mol. The Labute approximate surface area is 131 Å². The van der Waals surface area contributed by atoms with Gasteiger partial charge in [0.05, 0.1) is 0 Å². The predicted octanol–water partition coefficient (Wildman–Crippen LogP) is 3.67. The number of hydrogen-bond acceptors (Lipinski definition) is 2. The summed E-state index contributed by atoms with van der Waals surface area (Å²) in [7, 11) is 0. The van der Waals surface area contributed by atoms with Crippen LogP contribution in [-0.2, 0) is 0 Å². The van der Waals surface area contributed by atoms with E-state index in [-0.39, 0.29) is 5.43 Å². The van der Waals surface area contributed by atoms with E-state index in [0.717, 1.165) is 32.4 Å². The normalized spacial score (nSPS) is 13.8. The van der Waals surface area contributed by atoms with Gasteiger partial charge in [-0.05, 0) is 11.5 Å². The van der Waals surface area contributed by atoms with Crippen molar-refractivity contribution >= 4 is 27.1 Å². The third-order valence-corrected chi connectivity index (χ3v) is 4.43. The maximum Gasteiger partial charge on any atom is 0.194 e. The fraction of sp³-hybridized carbons (Fsp3) is 0. The average Bonchev–Trinajstić information content (AvgIpc) is 3.13. The first kappa shape index (κ1) is 12.4. The highest BCUT2D eigenvalue weighted by atomic mass is 16.3. The Morgan fingerprint density at radius 2 is 1.52 bits per heavy atom. The minimum atomic E-state index is 0.0648. The summed E-state index contributed by atoms with van der Waals surface area (Å²) in [5.41, 5.74) is 2.71. The fourth-order valence-electron chi connectivity index (χ4n) is 3.36. The summed E-state index contributed by atoms with van der Waals surface area (Å²) in [6, 6.07) is 15.5. The molecule has 2 aromatic rings. The maximum absolute atomic E-state index is 12.8. The van der Waals surface area contributed by atoms with E-state index in [1.54, 1.807) is 0 Å². The molecule has 1 aliphatic heterocycles. The monoisotopic (exact) mass is 296 g/mol. The molecule has 2 aliphatic carbocycles. The zero-order valence-electron chi connectivity index (χ0n) is 12.2. The Morgan fingerprint density at radius 1 is 0.783 bits per heavy atom. The molecule has 0 fully saturated rings. The molecule has 5 rings (SSSR count). The van der Waals surface area contributed by atoms with Gasteiger partial charge in [-0.3, -0.25) is 4.79 Å². The van der Waals surface area contributed by atoms with Crippen LogP contribution in [0.2, 0.25) is 0 Å². The van der Waals surface area contributed by atoms with Gasteiger partial charge in [0.25, 0.3) is 0 Å². The second-order valence-electron chi connectivity index (χ2n) is 5.76. The molecule has 3 aliphatic rings. The van der Waals surface area contributed by atoms with Crippen molar-refractivity contribution < 1.29 is 4.42 Å². The van der Waals surface area contributed by atoms with Gasteiger partial charge < -0.3 is 4.42 Å².